The molecule has 3 rings (SSSR count). The van der Waals surface area contributed by atoms with Crippen LogP contribution in [0.15, 0.2) is 24.3 Å². The molecule has 0 N–H and O–H groups in total. The number of benzene rings is 1. The van der Waals surface area contributed by atoms with Crippen LogP contribution in [0.5, 0.6) is 0 Å². The molecule has 1 atom stereocenters. The fourth-order valence-electron chi connectivity index (χ4n) is 3.84. The maximum Gasteiger partial charge on any atom is 0.282 e. The minimum atomic E-state index is -3.39. The van der Waals surface area contributed by atoms with Gasteiger partial charge in [0.15, 0.2) is 0 Å². The molecule has 1 fully saturated rings. The normalized spacial score (nSPS) is 23.1. The van der Waals surface area contributed by atoms with Crippen molar-refractivity contribution in [2.75, 3.05) is 26.8 Å². The third-order valence-electron chi connectivity index (χ3n) is 5.18. The van der Waals surface area contributed by atoms with Crippen LogP contribution in [0.4, 0.5) is 0 Å². The van der Waals surface area contributed by atoms with Gasteiger partial charge in [-0.1, -0.05) is 30.7 Å². The minimum Gasteiger partial charge on any atom is -0.385 e. The first kappa shape index (κ1) is 17.9. The lowest BCUT2D eigenvalue weighted by Gasteiger charge is -2.39. The van der Waals surface area contributed by atoms with Gasteiger partial charge < -0.3 is 4.74 Å². The van der Waals surface area contributed by atoms with E-state index in [4.69, 9.17) is 4.74 Å². The van der Waals surface area contributed by atoms with Gasteiger partial charge in [-0.3, -0.25) is 0 Å². The van der Waals surface area contributed by atoms with Gasteiger partial charge in [0.25, 0.3) is 10.2 Å². The molecule has 24 heavy (non-hydrogen) atoms. The van der Waals surface area contributed by atoms with Gasteiger partial charge in [-0.05, 0) is 43.2 Å². The van der Waals surface area contributed by atoms with Crippen molar-refractivity contribution < 1.29 is 13.2 Å². The van der Waals surface area contributed by atoms with E-state index < -0.39 is 10.2 Å². The molecular formula is C18H28N2O3S. The molecule has 0 aliphatic carbocycles. The summed E-state index contributed by atoms with van der Waals surface area (Å²) < 4.78 is 35.0. The Morgan fingerprint density at radius 3 is 2.75 bits per heavy atom. The van der Waals surface area contributed by atoms with Crippen molar-refractivity contribution in [2.45, 2.75) is 51.1 Å². The molecular weight excluding hydrogens is 324 g/mol. The quantitative estimate of drug-likeness (QED) is 0.740. The van der Waals surface area contributed by atoms with Gasteiger partial charge in [0.1, 0.15) is 0 Å². The lowest BCUT2D eigenvalue weighted by atomic mass is 10.0. The van der Waals surface area contributed by atoms with Crippen molar-refractivity contribution in [2.24, 2.45) is 0 Å². The smallest absolute Gasteiger partial charge is 0.282 e. The molecule has 1 saturated heterocycles. The van der Waals surface area contributed by atoms with E-state index in [9.17, 15) is 8.42 Å². The van der Waals surface area contributed by atoms with Gasteiger partial charge in [0.05, 0.1) is 0 Å². The van der Waals surface area contributed by atoms with E-state index in [0.717, 1.165) is 44.1 Å². The fourth-order valence-corrected chi connectivity index (χ4v) is 5.71. The maximum absolute atomic E-state index is 13.2. The zero-order valence-corrected chi connectivity index (χ0v) is 15.3. The molecule has 2 aliphatic rings. The number of hydrogen-bond donors (Lipinski definition) is 0. The molecule has 2 aliphatic heterocycles. The monoisotopic (exact) mass is 352 g/mol. The summed E-state index contributed by atoms with van der Waals surface area (Å²) in [5.41, 5.74) is 2.42. The molecule has 1 aromatic rings. The molecule has 1 unspecified atom stereocenters. The highest BCUT2D eigenvalue weighted by molar-refractivity contribution is 7.86. The fraction of sp³-hybridized carbons (Fsp3) is 0.667. The van der Waals surface area contributed by atoms with Crippen LogP contribution in [-0.4, -0.2) is 49.9 Å². The van der Waals surface area contributed by atoms with Crippen molar-refractivity contribution >= 4 is 10.2 Å². The Balaban J connectivity index is 1.73. The highest BCUT2D eigenvalue weighted by Crippen LogP contribution is 2.28. The van der Waals surface area contributed by atoms with Crippen LogP contribution in [0, 0.1) is 0 Å². The van der Waals surface area contributed by atoms with Crippen LogP contribution in [0.3, 0.4) is 0 Å². The molecule has 6 heteroatoms. The van der Waals surface area contributed by atoms with Crippen molar-refractivity contribution in [3.05, 3.63) is 35.4 Å². The number of methoxy groups -OCH3 is 1. The Bertz CT molecular complexity index is 647. The average Bonchev–Trinajstić information content (AvgIpc) is 2.62. The lowest BCUT2D eigenvalue weighted by molar-refractivity contribution is 0.167. The second kappa shape index (κ2) is 7.95. The van der Waals surface area contributed by atoms with Gasteiger partial charge in [0, 0.05) is 39.4 Å². The third kappa shape index (κ3) is 3.82. The van der Waals surface area contributed by atoms with Gasteiger partial charge in [-0.2, -0.15) is 17.0 Å². The van der Waals surface area contributed by atoms with Crippen molar-refractivity contribution in [3.63, 3.8) is 0 Å². The van der Waals surface area contributed by atoms with Gasteiger partial charge >= 0.3 is 0 Å². The molecule has 0 saturated carbocycles. The standard InChI is InChI=1S/C18H28N2O3S/c1-23-14-6-10-18-9-4-5-12-20(18)24(21,22)19-13-11-16-7-2-3-8-17(16)15-19/h2-3,7-8,18H,4-6,9-15H2,1H3. The van der Waals surface area contributed by atoms with Gasteiger partial charge in [-0.15, -0.1) is 0 Å². The summed E-state index contributed by atoms with van der Waals surface area (Å²) in [6, 6.07) is 8.29. The van der Waals surface area contributed by atoms with Crippen molar-refractivity contribution in [3.8, 4) is 0 Å². The van der Waals surface area contributed by atoms with Crippen LogP contribution >= 0.6 is 0 Å². The largest absolute Gasteiger partial charge is 0.385 e. The number of ether oxygens (including phenoxy) is 1. The van der Waals surface area contributed by atoms with Gasteiger partial charge in [0.2, 0.25) is 0 Å². The van der Waals surface area contributed by atoms with E-state index in [1.807, 2.05) is 18.2 Å². The Hall–Kier alpha value is -0.950. The Kier molecular flexibility index (Phi) is 5.92. The number of hydrogen-bond acceptors (Lipinski definition) is 3. The van der Waals surface area contributed by atoms with E-state index in [-0.39, 0.29) is 6.04 Å². The molecule has 0 aromatic heterocycles. The Morgan fingerprint density at radius 1 is 1.17 bits per heavy atom. The van der Waals surface area contributed by atoms with Crippen LogP contribution in [0.2, 0.25) is 0 Å². The minimum absolute atomic E-state index is 0.121. The number of nitrogens with zero attached hydrogens (tertiary/aromatic N) is 2. The first-order valence-corrected chi connectivity index (χ1v) is 10.4. The number of piperidine rings is 1. The summed E-state index contributed by atoms with van der Waals surface area (Å²) in [5.74, 6) is 0. The SMILES string of the molecule is COCCCC1CCCCN1S(=O)(=O)N1CCc2ccccc2C1. The van der Waals surface area contributed by atoms with E-state index in [1.165, 1.54) is 5.56 Å². The number of fused-ring (bicyclic) bond motifs is 1. The van der Waals surface area contributed by atoms with Gasteiger partial charge in [-0.25, -0.2) is 0 Å². The van der Waals surface area contributed by atoms with Crippen molar-refractivity contribution in [1.29, 1.82) is 0 Å². The highest BCUT2D eigenvalue weighted by atomic mass is 32.2. The molecule has 0 amide bonds. The molecule has 0 radical (unpaired) electrons. The van der Waals surface area contributed by atoms with Crippen molar-refractivity contribution in [1.82, 2.24) is 8.61 Å². The molecule has 5 nitrogen and oxygen atoms in total. The molecule has 134 valence electrons. The first-order valence-electron chi connectivity index (χ1n) is 8.95. The summed E-state index contributed by atoms with van der Waals surface area (Å²) in [4.78, 5) is 0. The molecule has 1 aromatic carbocycles. The van der Waals surface area contributed by atoms with E-state index >= 15 is 0 Å². The summed E-state index contributed by atoms with van der Waals surface area (Å²) in [7, 11) is -1.69. The van der Waals surface area contributed by atoms with Crippen LogP contribution in [-0.2, 0) is 27.9 Å². The third-order valence-corrected chi connectivity index (χ3v) is 7.21. The van der Waals surface area contributed by atoms with E-state index in [2.05, 4.69) is 6.07 Å². The van der Waals surface area contributed by atoms with Crippen LogP contribution in [0.25, 0.3) is 0 Å². The Morgan fingerprint density at radius 2 is 1.96 bits per heavy atom. The summed E-state index contributed by atoms with van der Waals surface area (Å²) in [6.45, 7) is 2.43. The highest BCUT2D eigenvalue weighted by Gasteiger charge is 2.37. The van der Waals surface area contributed by atoms with Crippen LogP contribution in [0.1, 0.15) is 43.2 Å². The zero-order valence-electron chi connectivity index (χ0n) is 14.5. The van der Waals surface area contributed by atoms with Crippen LogP contribution < -0.4 is 0 Å². The second-order valence-corrected chi connectivity index (χ2v) is 8.64. The molecule has 0 bridgehead atoms. The average molecular weight is 353 g/mol. The molecule has 0 spiro atoms. The second-order valence-electron chi connectivity index (χ2n) is 6.76. The summed E-state index contributed by atoms with van der Waals surface area (Å²) in [6.07, 6.45) is 5.65. The summed E-state index contributed by atoms with van der Waals surface area (Å²) in [5, 5.41) is 0. The predicted octanol–water partition coefficient (Wildman–Crippen LogP) is 2.57. The number of rotatable bonds is 6. The van der Waals surface area contributed by atoms with E-state index in [0.29, 0.717) is 26.2 Å². The topological polar surface area (TPSA) is 49.9 Å². The maximum atomic E-state index is 13.2. The first-order chi connectivity index (χ1) is 11.6. The summed E-state index contributed by atoms with van der Waals surface area (Å²) >= 11 is 0. The lowest BCUT2D eigenvalue weighted by Crippen LogP contribution is -2.51. The predicted molar refractivity (Wildman–Crippen MR) is 94.9 cm³/mol. The zero-order chi connectivity index (χ0) is 17.0. The Labute approximate surface area is 145 Å². The van der Waals surface area contributed by atoms with E-state index in [1.54, 1.807) is 15.7 Å². The molecule has 2 heterocycles.